The summed E-state index contributed by atoms with van der Waals surface area (Å²) < 4.78 is 37.5. The fraction of sp³-hybridized carbons (Fsp3) is 1.00. The molecule has 1 unspecified atom stereocenters. The number of nitrogens with one attached hydrogen (secondary N) is 1. The van der Waals surface area contributed by atoms with Crippen LogP contribution in [0.5, 0.6) is 0 Å². The summed E-state index contributed by atoms with van der Waals surface area (Å²) in [6, 6.07) is 0. The molecule has 1 aliphatic heterocycles. The van der Waals surface area contributed by atoms with E-state index >= 15 is 0 Å². The minimum atomic E-state index is -3.38. The smallest absolute Gasteiger partial charge is 0.279 e. The zero-order valence-electron chi connectivity index (χ0n) is 9.19. The second-order valence-electron chi connectivity index (χ2n) is 3.42. The van der Waals surface area contributed by atoms with Crippen molar-refractivity contribution in [3.8, 4) is 0 Å². The SMILES string of the molecule is COCC(Br)CNS(=O)(=O)N1CCOCC1. The van der Waals surface area contributed by atoms with Crippen molar-refractivity contribution in [3.05, 3.63) is 0 Å². The average Bonchev–Trinajstić information content (AvgIpc) is 2.28. The molecule has 1 saturated heterocycles. The highest BCUT2D eigenvalue weighted by atomic mass is 79.9. The summed E-state index contributed by atoms with van der Waals surface area (Å²) in [6.45, 7) is 2.51. The van der Waals surface area contributed by atoms with Gasteiger partial charge >= 0.3 is 0 Å². The van der Waals surface area contributed by atoms with Gasteiger partial charge in [0, 0.05) is 26.7 Å². The lowest BCUT2D eigenvalue weighted by molar-refractivity contribution is 0.0724. The van der Waals surface area contributed by atoms with Crippen molar-refractivity contribution >= 4 is 26.1 Å². The van der Waals surface area contributed by atoms with Gasteiger partial charge in [-0.05, 0) is 0 Å². The Morgan fingerprint density at radius 1 is 1.50 bits per heavy atom. The Morgan fingerprint density at radius 3 is 2.69 bits per heavy atom. The lowest BCUT2D eigenvalue weighted by Crippen LogP contribution is -2.48. The predicted molar refractivity (Wildman–Crippen MR) is 63.9 cm³/mol. The summed E-state index contributed by atoms with van der Waals surface area (Å²) in [7, 11) is -1.80. The summed E-state index contributed by atoms with van der Waals surface area (Å²) in [5.74, 6) is 0. The van der Waals surface area contributed by atoms with Gasteiger partial charge in [0.05, 0.1) is 24.6 Å². The first-order valence-electron chi connectivity index (χ1n) is 5.02. The monoisotopic (exact) mass is 316 g/mol. The van der Waals surface area contributed by atoms with E-state index in [0.29, 0.717) is 39.5 Å². The molecule has 96 valence electrons. The van der Waals surface area contributed by atoms with Crippen LogP contribution in [0.25, 0.3) is 0 Å². The van der Waals surface area contributed by atoms with E-state index < -0.39 is 10.2 Å². The van der Waals surface area contributed by atoms with Gasteiger partial charge in [0.1, 0.15) is 0 Å². The van der Waals surface area contributed by atoms with Crippen LogP contribution in [0.4, 0.5) is 0 Å². The van der Waals surface area contributed by atoms with Crippen molar-refractivity contribution in [2.75, 3.05) is 46.6 Å². The van der Waals surface area contributed by atoms with Crippen LogP contribution in [0.15, 0.2) is 0 Å². The summed E-state index contributed by atoms with van der Waals surface area (Å²) in [6.07, 6.45) is 0. The van der Waals surface area contributed by atoms with Crippen molar-refractivity contribution in [2.24, 2.45) is 0 Å². The molecule has 0 aliphatic carbocycles. The highest BCUT2D eigenvalue weighted by Gasteiger charge is 2.24. The normalized spacial score (nSPS) is 20.9. The van der Waals surface area contributed by atoms with E-state index in [0.717, 1.165) is 0 Å². The molecule has 1 aliphatic rings. The fourth-order valence-electron chi connectivity index (χ4n) is 1.31. The first-order chi connectivity index (χ1) is 7.56. The maximum absolute atomic E-state index is 11.8. The van der Waals surface area contributed by atoms with E-state index in [1.807, 2.05) is 0 Å². The molecule has 8 heteroatoms. The third-order valence-corrected chi connectivity index (χ3v) is 4.31. The summed E-state index contributed by atoms with van der Waals surface area (Å²) in [5.41, 5.74) is 0. The van der Waals surface area contributed by atoms with Gasteiger partial charge in [0.15, 0.2) is 0 Å². The van der Waals surface area contributed by atoms with Crippen molar-refractivity contribution in [3.63, 3.8) is 0 Å². The molecule has 6 nitrogen and oxygen atoms in total. The number of ether oxygens (including phenoxy) is 2. The standard InChI is InChI=1S/C8H17BrN2O4S/c1-14-7-8(9)6-10-16(12,13)11-2-4-15-5-3-11/h8,10H,2-7H2,1H3. The van der Waals surface area contributed by atoms with Crippen LogP contribution in [-0.2, 0) is 19.7 Å². The van der Waals surface area contributed by atoms with Crippen LogP contribution in [-0.4, -0.2) is 64.1 Å². The van der Waals surface area contributed by atoms with E-state index in [2.05, 4.69) is 20.7 Å². The van der Waals surface area contributed by atoms with Crippen LogP contribution in [0.3, 0.4) is 0 Å². The molecular weight excluding hydrogens is 300 g/mol. The van der Waals surface area contributed by atoms with Crippen LogP contribution >= 0.6 is 15.9 Å². The van der Waals surface area contributed by atoms with Crippen LogP contribution in [0, 0.1) is 0 Å². The van der Waals surface area contributed by atoms with Crippen molar-refractivity contribution in [1.82, 2.24) is 9.03 Å². The molecule has 1 rings (SSSR count). The van der Waals surface area contributed by atoms with Gasteiger partial charge in [0.2, 0.25) is 0 Å². The van der Waals surface area contributed by atoms with E-state index in [1.54, 1.807) is 7.11 Å². The lowest BCUT2D eigenvalue weighted by Gasteiger charge is -2.26. The highest BCUT2D eigenvalue weighted by Crippen LogP contribution is 2.04. The second kappa shape index (κ2) is 6.87. The number of hydrogen-bond acceptors (Lipinski definition) is 4. The van der Waals surface area contributed by atoms with Gasteiger partial charge in [-0.1, -0.05) is 15.9 Å². The molecule has 1 N–H and O–H groups in total. The van der Waals surface area contributed by atoms with Crippen LogP contribution in [0.1, 0.15) is 0 Å². The molecule has 0 aromatic carbocycles. The van der Waals surface area contributed by atoms with E-state index in [1.165, 1.54) is 4.31 Å². The second-order valence-corrected chi connectivity index (χ2v) is 6.47. The molecule has 1 atom stereocenters. The van der Waals surface area contributed by atoms with Crippen LogP contribution in [0.2, 0.25) is 0 Å². The Morgan fingerprint density at radius 2 is 2.12 bits per heavy atom. The van der Waals surface area contributed by atoms with Crippen molar-refractivity contribution in [1.29, 1.82) is 0 Å². The number of hydrogen-bond donors (Lipinski definition) is 1. The quantitative estimate of drug-likeness (QED) is 0.675. The Hall–Kier alpha value is 0.270. The minimum Gasteiger partial charge on any atom is -0.383 e. The number of morpholine rings is 1. The molecule has 0 aromatic heterocycles. The molecule has 0 amide bonds. The molecule has 16 heavy (non-hydrogen) atoms. The number of methoxy groups -OCH3 is 1. The summed E-state index contributed by atoms with van der Waals surface area (Å²) in [5, 5.41) is 0. The summed E-state index contributed by atoms with van der Waals surface area (Å²) >= 11 is 3.32. The third-order valence-electron chi connectivity index (χ3n) is 2.14. The number of halogens is 1. The molecule has 1 heterocycles. The van der Waals surface area contributed by atoms with E-state index in [9.17, 15) is 8.42 Å². The van der Waals surface area contributed by atoms with Gasteiger partial charge in [-0.3, -0.25) is 0 Å². The molecule has 0 radical (unpaired) electrons. The van der Waals surface area contributed by atoms with E-state index in [-0.39, 0.29) is 4.83 Å². The maximum atomic E-state index is 11.8. The van der Waals surface area contributed by atoms with Crippen molar-refractivity contribution < 1.29 is 17.9 Å². The first kappa shape index (κ1) is 14.3. The van der Waals surface area contributed by atoms with E-state index in [4.69, 9.17) is 9.47 Å². The molecular formula is C8H17BrN2O4S. The van der Waals surface area contributed by atoms with Gasteiger partial charge in [0.25, 0.3) is 10.2 Å². The maximum Gasteiger partial charge on any atom is 0.279 e. The number of alkyl halides is 1. The number of rotatable bonds is 6. The Bertz CT molecular complexity index is 292. The van der Waals surface area contributed by atoms with Gasteiger partial charge in [-0.15, -0.1) is 0 Å². The Kier molecular flexibility index (Phi) is 6.16. The zero-order valence-corrected chi connectivity index (χ0v) is 11.6. The van der Waals surface area contributed by atoms with Gasteiger partial charge in [-0.2, -0.15) is 12.7 Å². The molecule has 0 spiro atoms. The summed E-state index contributed by atoms with van der Waals surface area (Å²) in [4.78, 5) is -0.0201. The largest absolute Gasteiger partial charge is 0.383 e. The third kappa shape index (κ3) is 4.64. The van der Waals surface area contributed by atoms with Crippen molar-refractivity contribution in [2.45, 2.75) is 4.83 Å². The topological polar surface area (TPSA) is 67.9 Å². The minimum absolute atomic E-state index is 0.0201. The molecule has 0 aromatic rings. The predicted octanol–water partition coefficient (Wildman–Crippen LogP) is -0.437. The first-order valence-corrected chi connectivity index (χ1v) is 7.37. The molecule has 0 saturated carbocycles. The molecule has 0 bridgehead atoms. The Labute approximate surface area is 105 Å². The average molecular weight is 317 g/mol. The highest BCUT2D eigenvalue weighted by molar-refractivity contribution is 9.09. The zero-order chi connectivity index (χ0) is 12.0. The fourth-order valence-corrected chi connectivity index (χ4v) is 3.18. The van der Waals surface area contributed by atoms with Gasteiger partial charge in [-0.25, -0.2) is 4.72 Å². The van der Waals surface area contributed by atoms with Crippen LogP contribution < -0.4 is 4.72 Å². The Balaban J connectivity index is 2.38. The number of nitrogens with zero attached hydrogens (tertiary/aromatic N) is 1. The molecule has 1 fully saturated rings. The lowest BCUT2D eigenvalue weighted by atomic mass is 10.5. The van der Waals surface area contributed by atoms with Gasteiger partial charge < -0.3 is 9.47 Å².